The van der Waals surface area contributed by atoms with Crippen molar-refractivity contribution in [3.05, 3.63) is 258 Å². The Balaban J connectivity index is 0.000000249. The van der Waals surface area contributed by atoms with Gasteiger partial charge in [-0.05, 0) is 121 Å². The molecule has 0 aliphatic heterocycles. The molecule has 0 unspecified atom stereocenters. The van der Waals surface area contributed by atoms with E-state index < -0.39 is 118 Å². The first-order chi connectivity index (χ1) is 49.3. The number of rotatable bonds is 27. The summed E-state index contributed by atoms with van der Waals surface area (Å²) in [7, 11) is 2.85. The van der Waals surface area contributed by atoms with Crippen LogP contribution in [0.2, 0.25) is 0 Å². The van der Waals surface area contributed by atoms with E-state index in [4.69, 9.17) is 35.4 Å². The van der Waals surface area contributed by atoms with E-state index in [0.717, 1.165) is 65.2 Å². The van der Waals surface area contributed by atoms with Gasteiger partial charge in [0.1, 0.15) is 29.0 Å². The summed E-state index contributed by atoms with van der Waals surface area (Å²) >= 11 is 0. The SMILES string of the molecule is COC(=O)c1cccc(CN(CC(=O)NO)Cc2cccc(C(C)=O)c2)c1.COc1ccc(CN(CC(=O)NO)Cc2ccc(F)c(O)c2F)cc1.Cc1c(F)cc(CN(CC(=O)NO)Cc2cc(F)c(O)c(F)c2)cc1F.Cc1c(F)ccc(CN(CC(=O)NO)Cc2ccc(F)c(O)c2F)c1F. The molecular weight excluding hydrogens is 1390 g/mol. The Morgan fingerprint density at radius 1 is 0.365 bits per heavy atom. The van der Waals surface area contributed by atoms with E-state index in [1.54, 1.807) is 71.0 Å². The Morgan fingerprint density at radius 3 is 1.11 bits per heavy atom. The van der Waals surface area contributed by atoms with Gasteiger partial charge >= 0.3 is 5.97 Å². The second-order valence-electron chi connectivity index (χ2n) is 23.0. The number of esters is 1. The number of aromatic hydroxyl groups is 3. The van der Waals surface area contributed by atoms with Gasteiger partial charge in [-0.2, -0.15) is 0 Å². The zero-order valence-electron chi connectivity index (χ0n) is 56.2. The van der Waals surface area contributed by atoms with Crippen LogP contribution < -0.4 is 26.7 Å². The maximum atomic E-state index is 14.2. The lowest BCUT2D eigenvalue weighted by Gasteiger charge is -2.22. The topological polar surface area (TPSA) is 324 Å². The molecule has 0 atom stereocenters. The van der Waals surface area contributed by atoms with E-state index in [9.17, 15) is 82.9 Å². The van der Waals surface area contributed by atoms with Gasteiger partial charge in [0, 0.05) is 85.7 Å². The molecule has 23 nitrogen and oxygen atoms in total. The van der Waals surface area contributed by atoms with Crippen molar-refractivity contribution in [3.8, 4) is 23.0 Å². The standard InChI is InChI=1S/C20H22N2O5.2C17H16F4N2O3.C17H18F2N2O4/c1-14(23)17-7-3-5-15(9-17)11-22(13-19(24)21-26)12-16-6-4-8-18(10-16)20(25)27-2;1-9-12(18)2-10(3-13(9)19)6-23(8-16(24)22-26)7-11-4-14(20)17(25)15(21)5-11;1-9-12(18)4-2-10(15(9)20)6-23(8-14(24)22-26)7-11-3-5-13(19)17(25)16(11)21;1-25-13-5-2-11(3-6-13)8-21(10-15(22)20-24)9-12-4-7-14(18)17(23)16(12)19/h3-10,26H,11-13H2,1-2H3,(H,21,24);2*2-5,25-26H,6-8H2,1H3,(H,22,24);2-7,23-24H,8-10H2,1H3,(H,20,22). The zero-order valence-corrected chi connectivity index (χ0v) is 56.2. The third-order valence-corrected chi connectivity index (χ3v) is 15.1. The van der Waals surface area contributed by atoms with Crippen LogP contribution in [-0.2, 0) is 76.3 Å². The highest BCUT2D eigenvalue weighted by atomic mass is 19.2. The molecule has 8 rings (SSSR count). The first-order valence-electron chi connectivity index (χ1n) is 30.7. The van der Waals surface area contributed by atoms with Gasteiger partial charge in [0.05, 0.1) is 46.0 Å². The first-order valence-corrected chi connectivity index (χ1v) is 30.7. The quantitative estimate of drug-likeness (QED) is 0.00750. The molecule has 0 heterocycles. The molecule has 0 aliphatic carbocycles. The van der Waals surface area contributed by atoms with Gasteiger partial charge < -0.3 is 24.8 Å². The van der Waals surface area contributed by atoms with E-state index in [-0.39, 0.29) is 97.1 Å². The van der Waals surface area contributed by atoms with Gasteiger partial charge in [-0.25, -0.2) is 70.6 Å². The van der Waals surface area contributed by atoms with Gasteiger partial charge in [-0.1, -0.05) is 60.7 Å². The highest BCUT2D eigenvalue weighted by Crippen LogP contribution is 2.29. The molecule has 4 amide bonds. The molecule has 0 saturated carbocycles. The lowest BCUT2D eigenvalue weighted by molar-refractivity contribution is -0.131. The van der Waals surface area contributed by atoms with Crippen molar-refractivity contribution in [2.24, 2.45) is 0 Å². The number of hydrogen-bond acceptors (Lipinski definition) is 19. The van der Waals surface area contributed by atoms with Crippen LogP contribution >= 0.6 is 0 Å². The number of hydroxylamine groups is 4. The number of carbonyl (C=O) groups is 6. The van der Waals surface area contributed by atoms with Gasteiger partial charge in [-0.15, -0.1) is 0 Å². The summed E-state index contributed by atoms with van der Waals surface area (Å²) in [5, 5.41) is 62.7. The van der Waals surface area contributed by atoms with Crippen molar-refractivity contribution >= 4 is 35.4 Å². The number of benzene rings is 8. The Bertz CT molecular complexity index is 4150. The molecule has 0 fully saturated rings. The van der Waals surface area contributed by atoms with E-state index >= 15 is 0 Å². The lowest BCUT2D eigenvalue weighted by atomic mass is 10.1. The monoisotopic (exact) mass is 1470 g/mol. The average Bonchev–Trinajstić information content (AvgIpc) is 0.814. The van der Waals surface area contributed by atoms with E-state index in [1.807, 2.05) is 12.1 Å². The van der Waals surface area contributed by atoms with Crippen molar-refractivity contribution in [1.82, 2.24) is 41.5 Å². The molecule has 556 valence electrons. The summed E-state index contributed by atoms with van der Waals surface area (Å²) in [6.45, 7) is 2.97. The Labute approximate surface area is 588 Å². The number of ether oxygens (including phenoxy) is 2. The van der Waals surface area contributed by atoms with Crippen molar-refractivity contribution in [2.45, 2.75) is 73.1 Å². The smallest absolute Gasteiger partial charge is 0.337 e. The zero-order chi connectivity index (χ0) is 77.1. The van der Waals surface area contributed by atoms with Crippen LogP contribution in [0, 0.1) is 72.0 Å². The minimum Gasteiger partial charge on any atom is -0.503 e. The fraction of sp³-hybridized carbons (Fsp3) is 0.239. The molecule has 0 radical (unpaired) electrons. The number of nitrogens with zero attached hydrogens (tertiary/aromatic N) is 4. The van der Waals surface area contributed by atoms with Crippen LogP contribution in [0.1, 0.15) is 83.3 Å². The number of amides is 4. The van der Waals surface area contributed by atoms with Crippen LogP contribution in [-0.4, -0.2) is 132 Å². The van der Waals surface area contributed by atoms with Crippen molar-refractivity contribution < 1.29 is 118 Å². The Morgan fingerprint density at radius 2 is 0.712 bits per heavy atom. The third kappa shape index (κ3) is 25.5. The molecule has 11 N–H and O–H groups in total. The summed E-state index contributed by atoms with van der Waals surface area (Å²) in [5.41, 5.74) is 9.28. The van der Waals surface area contributed by atoms with E-state index in [1.165, 1.54) is 78.3 Å². The number of methoxy groups -OCH3 is 2. The van der Waals surface area contributed by atoms with Crippen molar-refractivity contribution in [2.75, 3.05) is 40.4 Å². The van der Waals surface area contributed by atoms with Crippen LogP contribution in [0.25, 0.3) is 0 Å². The summed E-state index contributed by atoms with van der Waals surface area (Å²) in [5.74, 6) is -16.0. The number of carbonyl (C=O) groups excluding carboxylic acids is 6. The van der Waals surface area contributed by atoms with Gasteiger partial charge in [-0.3, -0.25) is 64.4 Å². The fourth-order valence-electron chi connectivity index (χ4n) is 9.92. The minimum absolute atomic E-state index is 0.0261. The second-order valence-corrected chi connectivity index (χ2v) is 23.0. The van der Waals surface area contributed by atoms with Crippen molar-refractivity contribution in [1.29, 1.82) is 0 Å². The molecule has 0 aliphatic rings. The van der Waals surface area contributed by atoms with Crippen LogP contribution in [0.3, 0.4) is 0 Å². The molecular formula is C71H72F10N8O15. The summed E-state index contributed by atoms with van der Waals surface area (Å²) in [4.78, 5) is 75.2. The maximum Gasteiger partial charge on any atom is 0.337 e. The van der Waals surface area contributed by atoms with Crippen LogP contribution in [0.15, 0.2) is 133 Å². The minimum atomic E-state index is -1.21. The van der Waals surface area contributed by atoms with Crippen LogP contribution in [0.4, 0.5) is 43.9 Å². The first kappa shape index (κ1) is 83.6. The molecule has 0 spiro atoms. The number of halogens is 10. The molecule has 0 aromatic heterocycles. The number of phenols is 3. The number of hydrogen-bond donors (Lipinski definition) is 11. The van der Waals surface area contributed by atoms with Gasteiger partial charge in [0.25, 0.3) is 23.6 Å². The van der Waals surface area contributed by atoms with E-state index in [2.05, 4.69) is 0 Å². The van der Waals surface area contributed by atoms with Gasteiger partial charge in [0.2, 0.25) is 0 Å². The molecule has 104 heavy (non-hydrogen) atoms. The number of Topliss-reactive ketones (excluding diaryl/α,β-unsaturated/α-hetero) is 1. The highest BCUT2D eigenvalue weighted by Gasteiger charge is 2.23. The lowest BCUT2D eigenvalue weighted by Crippen LogP contribution is -2.35. The third-order valence-electron chi connectivity index (χ3n) is 15.1. The maximum absolute atomic E-state index is 14.2. The second kappa shape index (κ2) is 40.6. The summed E-state index contributed by atoms with van der Waals surface area (Å²) in [6, 6.07) is 31.3. The average molecular weight is 1470 g/mol. The normalized spacial score (nSPS) is 10.8. The number of ketones is 1. The molecule has 0 saturated heterocycles. The number of nitrogens with one attached hydrogen (secondary N) is 4. The summed E-state index contributed by atoms with van der Waals surface area (Å²) in [6.07, 6.45) is 0. The highest BCUT2D eigenvalue weighted by molar-refractivity contribution is 5.94. The van der Waals surface area contributed by atoms with Crippen LogP contribution in [0.5, 0.6) is 23.0 Å². The summed E-state index contributed by atoms with van der Waals surface area (Å²) < 4.78 is 146. The molecule has 33 heteroatoms. The molecule has 0 bridgehead atoms. The fourth-order valence-corrected chi connectivity index (χ4v) is 9.92. The Kier molecular flexibility index (Phi) is 32.6. The molecule has 8 aromatic carbocycles. The number of phenolic OH excluding ortho intramolecular Hbond substituents is 3. The predicted molar refractivity (Wildman–Crippen MR) is 350 cm³/mol. The van der Waals surface area contributed by atoms with Crippen molar-refractivity contribution in [3.63, 3.8) is 0 Å². The Hall–Kier alpha value is -11.0. The molecule has 8 aromatic rings. The van der Waals surface area contributed by atoms with Gasteiger partial charge in [0.15, 0.2) is 57.9 Å². The predicted octanol–water partition coefficient (Wildman–Crippen LogP) is 9.90. The largest absolute Gasteiger partial charge is 0.503 e. The van der Waals surface area contributed by atoms with E-state index in [0.29, 0.717) is 30.0 Å².